The fraction of sp³-hybridized carbons (Fsp3) is 0.438. The molecule has 4 nitrogen and oxygen atoms in total. The number of aromatic nitrogens is 1. The lowest BCUT2D eigenvalue weighted by Gasteiger charge is -2.16. The Morgan fingerprint density at radius 3 is 2.90 bits per heavy atom. The second kappa shape index (κ2) is 5.29. The maximum absolute atomic E-state index is 12.6. The highest BCUT2D eigenvalue weighted by atomic mass is 16.1. The summed E-state index contributed by atoms with van der Waals surface area (Å²) in [6.07, 6.45) is 1.15. The quantitative estimate of drug-likeness (QED) is 0.928. The standard InChI is InChI=1S/C16H21N3O/c1-2-18-8-7-12(10-18)11-19-15(17)9-13-5-3-4-6-14(13)16(19)20/h3-6,9,12H,2,7-8,10-11,17H2,1H3. The van der Waals surface area contributed by atoms with Crippen LogP contribution in [0.5, 0.6) is 0 Å². The lowest BCUT2D eigenvalue weighted by Crippen LogP contribution is -2.28. The van der Waals surface area contributed by atoms with Gasteiger partial charge in [-0.3, -0.25) is 9.36 Å². The summed E-state index contributed by atoms with van der Waals surface area (Å²) in [7, 11) is 0. The van der Waals surface area contributed by atoms with Crippen molar-refractivity contribution in [2.45, 2.75) is 19.9 Å². The van der Waals surface area contributed by atoms with Crippen LogP contribution in [-0.4, -0.2) is 29.1 Å². The van der Waals surface area contributed by atoms with Crippen LogP contribution in [0.4, 0.5) is 5.82 Å². The summed E-state index contributed by atoms with van der Waals surface area (Å²) in [5.74, 6) is 1.10. The Balaban J connectivity index is 1.94. The number of rotatable bonds is 3. The van der Waals surface area contributed by atoms with E-state index in [1.165, 1.54) is 0 Å². The molecule has 2 aromatic rings. The Kier molecular flexibility index (Phi) is 3.49. The molecule has 1 unspecified atom stereocenters. The maximum atomic E-state index is 12.6. The molecule has 1 fully saturated rings. The van der Waals surface area contributed by atoms with Gasteiger partial charge >= 0.3 is 0 Å². The van der Waals surface area contributed by atoms with Gasteiger partial charge in [0.15, 0.2) is 0 Å². The Labute approximate surface area is 118 Å². The van der Waals surface area contributed by atoms with E-state index in [0.717, 1.165) is 43.4 Å². The molecule has 1 aliphatic heterocycles. The van der Waals surface area contributed by atoms with Crippen LogP contribution in [0.1, 0.15) is 13.3 Å². The van der Waals surface area contributed by atoms with E-state index in [1.807, 2.05) is 30.3 Å². The fourth-order valence-corrected chi connectivity index (χ4v) is 3.11. The van der Waals surface area contributed by atoms with Gasteiger partial charge in [0.2, 0.25) is 0 Å². The number of fused-ring (bicyclic) bond motifs is 1. The number of hydrogen-bond donors (Lipinski definition) is 1. The van der Waals surface area contributed by atoms with E-state index in [4.69, 9.17) is 5.73 Å². The van der Waals surface area contributed by atoms with Crippen molar-refractivity contribution < 1.29 is 0 Å². The number of nitrogens with zero attached hydrogens (tertiary/aromatic N) is 2. The largest absolute Gasteiger partial charge is 0.385 e. The molecule has 1 aromatic carbocycles. The molecule has 0 amide bonds. The third-order valence-electron chi connectivity index (χ3n) is 4.31. The average molecular weight is 271 g/mol. The molecule has 4 heteroatoms. The first-order valence-corrected chi connectivity index (χ1v) is 7.29. The molecular formula is C16H21N3O. The second-order valence-corrected chi connectivity index (χ2v) is 5.62. The van der Waals surface area contributed by atoms with Gasteiger partial charge in [0.1, 0.15) is 5.82 Å². The fourth-order valence-electron chi connectivity index (χ4n) is 3.11. The maximum Gasteiger partial charge on any atom is 0.259 e. The normalized spacial score (nSPS) is 19.8. The number of hydrogen-bond acceptors (Lipinski definition) is 3. The van der Waals surface area contributed by atoms with Crippen molar-refractivity contribution in [2.75, 3.05) is 25.4 Å². The first-order chi connectivity index (χ1) is 9.69. The first kappa shape index (κ1) is 13.2. The van der Waals surface area contributed by atoms with Crippen LogP contribution in [-0.2, 0) is 6.54 Å². The Morgan fingerprint density at radius 1 is 1.35 bits per heavy atom. The first-order valence-electron chi connectivity index (χ1n) is 7.29. The van der Waals surface area contributed by atoms with Crippen molar-refractivity contribution in [1.29, 1.82) is 0 Å². The van der Waals surface area contributed by atoms with Crippen LogP contribution in [0.25, 0.3) is 10.8 Å². The molecule has 1 saturated heterocycles. The second-order valence-electron chi connectivity index (χ2n) is 5.62. The number of benzene rings is 1. The van der Waals surface area contributed by atoms with Gasteiger partial charge in [0.25, 0.3) is 5.56 Å². The van der Waals surface area contributed by atoms with E-state index >= 15 is 0 Å². The van der Waals surface area contributed by atoms with Crippen molar-refractivity contribution in [3.05, 3.63) is 40.7 Å². The molecule has 2 heterocycles. The lowest BCUT2D eigenvalue weighted by molar-refractivity contribution is 0.332. The third kappa shape index (κ3) is 2.31. The van der Waals surface area contributed by atoms with Crippen molar-refractivity contribution in [2.24, 2.45) is 5.92 Å². The van der Waals surface area contributed by atoms with Crippen LogP contribution in [0.3, 0.4) is 0 Å². The number of nitrogen functional groups attached to an aromatic ring is 1. The molecule has 0 radical (unpaired) electrons. The van der Waals surface area contributed by atoms with E-state index in [0.29, 0.717) is 11.7 Å². The average Bonchev–Trinajstić information content (AvgIpc) is 2.91. The van der Waals surface area contributed by atoms with Gasteiger partial charge in [0.05, 0.1) is 0 Å². The summed E-state index contributed by atoms with van der Waals surface area (Å²) in [5.41, 5.74) is 6.12. The Hall–Kier alpha value is -1.81. The highest BCUT2D eigenvalue weighted by molar-refractivity contribution is 5.83. The summed E-state index contributed by atoms with van der Waals surface area (Å²) < 4.78 is 1.74. The minimum absolute atomic E-state index is 0.0375. The van der Waals surface area contributed by atoms with Gasteiger partial charge < -0.3 is 10.6 Å². The predicted octanol–water partition coefficient (Wildman–Crippen LogP) is 1.93. The summed E-state index contributed by atoms with van der Waals surface area (Å²) in [6, 6.07) is 9.55. The lowest BCUT2D eigenvalue weighted by atomic mass is 10.1. The molecule has 3 rings (SSSR count). The van der Waals surface area contributed by atoms with Gasteiger partial charge in [-0.15, -0.1) is 0 Å². The minimum atomic E-state index is 0.0375. The van der Waals surface area contributed by atoms with Gasteiger partial charge in [-0.1, -0.05) is 25.1 Å². The molecule has 0 spiro atoms. The van der Waals surface area contributed by atoms with E-state index in [-0.39, 0.29) is 5.56 Å². The summed E-state index contributed by atoms with van der Waals surface area (Å²) in [6.45, 7) is 6.18. The molecule has 1 atom stereocenters. The molecule has 2 N–H and O–H groups in total. The van der Waals surface area contributed by atoms with Crippen LogP contribution in [0, 0.1) is 5.92 Å². The summed E-state index contributed by atoms with van der Waals surface area (Å²) in [5, 5.41) is 1.68. The number of anilines is 1. The van der Waals surface area contributed by atoms with Crippen molar-refractivity contribution in [1.82, 2.24) is 9.47 Å². The molecular weight excluding hydrogens is 250 g/mol. The Bertz CT molecular complexity index is 677. The predicted molar refractivity (Wildman–Crippen MR) is 82.8 cm³/mol. The van der Waals surface area contributed by atoms with E-state index in [9.17, 15) is 4.79 Å². The van der Waals surface area contributed by atoms with Gasteiger partial charge in [-0.05, 0) is 42.9 Å². The molecule has 0 aliphatic carbocycles. The minimum Gasteiger partial charge on any atom is -0.385 e. The summed E-state index contributed by atoms with van der Waals surface area (Å²) >= 11 is 0. The van der Waals surface area contributed by atoms with E-state index < -0.39 is 0 Å². The molecule has 106 valence electrons. The molecule has 0 bridgehead atoms. The number of likely N-dealkylation sites (tertiary alicyclic amines) is 1. The van der Waals surface area contributed by atoms with Crippen LogP contribution in [0.15, 0.2) is 35.1 Å². The van der Waals surface area contributed by atoms with E-state index in [1.54, 1.807) is 4.57 Å². The zero-order valence-corrected chi connectivity index (χ0v) is 11.9. The topological polar surface area (TPSA) is 51.3 Å². The molecule has 1 aliphatic rings. The van der Waals surface area contributed by atoms with Crippen LogP contribution < -0.4 is 11.3 Å². The van der Waals surface area contributed by atoms with Crippen molar-refractivity contribution in [3.8, 4) is 0 Å². The highest BCUT2D eigenvalue weighted by Crippen LogP contribution is 2.20. The van der Waals surface area contributed by atoms with Crippen molar-refractivity contribution in [3.63, 3.8) is 0 Å². The molecule has 1 aromatic heterocycles. The molecule has 20 heavy (non-hydrogen) atoms. The number of pyridine rings is 1. The molecule has 0 saturated carbocycles. The zero-order valence-electron chi connectivity index (χ0n) is 11.9. The van der Waals surface area contributed by atoms with E-state index in [2.05, 4.69) is 11.8 Å². The van der Waals surface area contributed by atoms with Gasteiger partial charge in [0, 0.05) is 18.5 Å². The van der Waals surface area contributed by atoms with Crippen LogP contribution in [0.2, 0.25) is 0 Å². The number of nitrogens with two attached hydrogens (primary N) is 1. The van der Waals surface area contributed by atoms with Crippen molar-refractivity contribution >= 4 is 16.6 Å². The zero-order chi connectivity index (χ0) is 14.1. The smallest absolute Gasteiger partial charge is 0.259 e. The van der Waals surface area contributed by atoms with Gasteiger partial charge in [-0.2, -0.15) is 0 Å². The monoisotopic (exact) mass is 271 g/mol. The summed E-state index contributed by atoms with van der Waals surface area (Å²) in [4.78, 5) is 15.0. The van der Waals surface area contributed by atoms with Crippen LogP contribution >= 0.6 is 0 Å². The highest BCUT2D eigenvalue weighted by Gasteiger charge is 2.22. The Morgan fingerprint density at radius 2 is 2.15 bits per heavy atom. The van der Waals surface area contributed by atoms with Gasteiger partial charge in [-0.25, -0.2) is 0 Å². The third-order valence-corrected chi connectivity index (χ3v) is 4.31. The SMILES string of the molecule is CCN1CCC(Cn2c(N)cc3ccccc3c2=O)C1.